The van der Waals surface area contributed by atoms with E-state index in [9.17, 15) is 0 Å². The summed E-state index contributed by atoms with van der Waals surface area (Å²) in [6.45, 7) is 0. The van der Waals surface area contributed by atoms with E-state index in [0.717, 1.165) is 0 Å². The van der Waals surface area contributed by atoms with Crippen molar-refractivity contribution in [3.63, 3.8) is 0 Å². The maximum atomic E-state index is 8.59. The van der Waals surface area contributed by atoms with Crippen molar-refractivity contribution in [2.45, 2.75) is 0 Å². The zero-order valence-electron chi connectivity index (χ0n) is 4.53. The second-order valence-corrected chi connectivity index (χ2v) is 3.02. The van der Waals surface area contributed by atoms with Gasteiger partial charge in [0.15, 0.2) is 0 Å². The van der Waals surface area contributed by atoms with Crippen molar-refractivity contribution < 1.29 is 66.1 Å². The molecule has 0 heterocycles. The molecule has 0 fully saturated rings. The quantitative estimate of drug-likeness (QED) is 0.390. The minimum absolute atomic E-state index is 0. The fourth-order valence-electron chi connectivity index (χ4n) is 0. The molecule has 0 amide bonds. The van der Waals surface area contributed by atoms with Crippen LogP contribution >= 0.6 is 7.82 Å². The summed E-state index contributed by atoms with van der Waals surface area (Å²) < 4.78 is 42.9. The molecule has 0 aliphatic rings. The summed E-state index contributed by atoms with van der Waals surface area (Å²) in [4.78, 5) is 25.6. The molecule has 0 aliphatic carbocycles. The van der Waals surface area contributed by atoms with Gasteiger partial charge in [-0.1, -0.05) is 0 Å². The Kier molecular flexibility index (Phi) is 10.0. The van der Waals surface area contributed by atoms with Gasteiger partial charge in [-0.3, -0.25) is 0 Å². The van der Waals surface area contributed by atoms with Crippen LogP contribution in [0, 0.1) is 0 Å². The molecule has 65 valence electrons. The van der Waals surface area contributed by atoms with Gasteiger partial charge in [0.1, 0.15) is 0 Å². The molecule has 0 rings (SSSR count). The minimum atomic E-state index is -5.75. The van der Waals surface area contributed by atoms with Gasteiger partial charge in [0, 0.05) is 0 Å². The molecule has 0 N–H and O–H groups in total. The van der Waals surface area contributed by atoms with Gasteiger partial charge in [-0.2, -0.15) is 7.82 Å². The van der Waals surface area contributed by atoms with Gasteiger partial charge < -0.3 is 19.2 Å². The predicted octanol–water partition coefficient (Wildman–Crippen LogP) is -5.45. The van der Waals surface area contributed by atoms with Crippen LogP contribution in [-0.4, -0.2) is 0 Å². The first-order valence-electron chi connectivity index (χ1n) is 1.40. The molecule has 8 nitrogen and oxygen atoms in total. The Hall–Kier alpha value is 0.695. The third-order valence-corrected chi connectivity index (χ3v) is 0. The normalized spacial score (nSPS) is 10.6. The van der Waals surface area contributed by atoms with Crippen LogP contribution in [0.25, 0.3) is 0 Å². The number of hydrogen-bond acceptors (Lipinski definition) is 8. The first kappa shape index (κ1) is 17.7. The van der Waals surface area contributed by atoms with E-state index in [1.165, 1.54) is 0 Å². The molecule has 0 bridgehead atoms. The van der Waals surface area contributed by atoms with Gasteiger partial charge in [-0.15, -0.1) is 0 Å². The molecule has 0 atom stereocenters. The van der Waals surface area contributed by atoms with Crippen LogP contribution in [0.15, 0.2) is 0 Å². The second kappa shape index (κ2) is 6.24. The molecule has 0 aliphatic heterocycles. The fraction of sp³-hybridized carbons (Fsp3) is 0. The van der Waals surface area contributed by atoms with Gasteiger partial charge >= 0.3 is 46.9 Å². The van der Waals surface area contributed by atoms with E-state index >= 15 is 0 Å². The molecule has 0 saturated heterocycles. The van der Waals surface area contributed by atoms with Crippen molar-refractivity contribution in [1.29, 1.82) is 0 Å². The Morgan fingerprint density at radius 2 is 1.00 bits per heavy atom. The van der Waals surface area contributed by atoms with Crippen molar-refractivity contribution >= 4 is 7.82 Å². The van der Waals surface area contributed by atoms with Crippen LogP contribution in [0.3, 0.4) is 0 Å². The van der Waals surface area contributed by atoms with Crippen LogP contribution in [0.1, 0.15) is 0 Å². The molecule has 0 aromatic rings. The Bertz CT molecular complexity index is 190. The van der Waals surface area contributed by atoms with E-state index in [1.807, 2.05) is 0 Å². The van der Waals surface area contributed by atoms with Gasteiger partial charge in [-0.05, 0) is 0 Å². The number of hydrogen-bond donors (Lipinski definition) is 0. The SMILES string of the molecule is O=P([O-])([O-])[O-].[Cr+5].[O]=[Cr](=[O])([O-])[O-]. The van der Waals surface area contributed by atoms with Gasteiger partial charge in [0.25, 0.3) is 0 Å². The standard InChI is InChI=1S/2Cr.H3O4P.4O/c;;1-5(2,3)4;;;;/h;;(H3,1,2,3,4);;;;/q;+5;;;;2*-1/p-3. The van der Waals surface area contributed by atoms with Crippen LogP contribution in [-0.2, 0) is 43.1 Å². The van der Waals surface area contributed by atoms with Gasteiger partial charge in [0.05, 0.1) is 0 Å². The van der Waals surface area contributed by atoms with Crippen molar-refractivity contribution in [2.24, 2.45) is 0 Å². The average molecular weight is 263 g/mol. The predicted molar refractivity (Wildman–Crippen MR) is 8.98 cm³/mol. The second-order valence-electron chi connectivity index (χ2n) is 0.855. The van der Waals surface area contributed by atoms with Crippen molar-refractivity contribution in [2.75, 3.05) is 0 Å². The molecule has 11 heavy (non-hydrogen) atoms. The third-order valence-electron chi connectivity index (χ3n) is 0. The summed E-state index contributed by atoms with van der Waals surface area (Å²) in [7, 11) is -5.39. The fourth-order valence-corrected chi connectivity index (χ4v) is 0. The summed E-state index contributed by atoms with van der Waals surface area (Å²) in [5.74, 6) is 0. The summed E-state index contributed by atoms with van der Waals surface area (Å²) in [6.07, 6.45) is 0. The zero-order chi connectivity index (χ0) is 9.00. The topological polar surface area (TPSA) is 167 Å². The van der Waals surface area contributed by atoms with Crippen molar-refractivity contribution in [3.05, 3.63) is 0 Å². The Balaban J connectivity index is -0.000000107. The van der Waals surface area contributed by atoms with Crippen molar-refractivity contribution in [1.82, 2.24) is 0 Å². The van der Waals surface area contributed by atoms with Crippen LogP contribution in [0.2, 0.25) is 0 Å². The van der Waals surface area contributed by atoms with Crippen LogP contribution in [0.5, 0.6) is 0 Å². The summed E-state index contributed by atoms with van der Waals surface area (Å²) in [5, 5.41) is 0. The van der Waals surface area contributed by atoms with Crippen LogP contribution < -0.4 is 23.0 Å². The molecule has 0 spiro atoms. The molecular weight excluding hydrogens is 263 g/mol. The van der Waals surface area contributed by atoms with Crippen molar-refractivity contribution in [3.8, 4) is 0 Å². The summed E-state index contributed by atoms with van der Waals surface area (Å²) in [6, 6.07) is 0. The molecular formula is Cr2O8P. The van der Waals surface area contributed by atoms with Crippen LogP contribution in [0.4, 0.5) is 0 Å². The zero-order valence-corrected chi connectivity index (χ0v) is 7.97. The molecule has 1 radical (unpaired) electrons. The Morgan fingerprint density at radius 3 is 1.00 bits per heavy atom. The van der Waals surface area contributed by atoms with Gasteiger partial charge in [0.2, 0.25) is 0 Å². The molecule has 0 unspecified atom stereocenters. The Labute approximate surface area is 74.2 Å². The molecule has 11 heteroatoms. The Morgan fingerprint density at radius 1 is 1.00 bits per heavy atom. The molecule has 0 aromatic heterocycles. The van der Waals surface area contributed by atoms with E-state index in [-0.39, 0.29) is 17.4 Å². The number of rotatable bonds is 0. The van der Waals surface area contributed by atoms with E-state index in [0.29, 0.717) is 0 Å². The molecule has 0 aromatic carbocycles. The van der Waals surface area contributed by atoms with E-state index < -0.39 is 21.4 Å². The summed E-state index contributed by atoms with van der Waals surface area (Å²) >= 11 is -5.75. The molecule has 0 saturated carbocycles. The first-order chi connectivity index (χ1) is 4.00. The van der Waals surface area contributed by atoms with E-state index in [1.54, 1.807) is 0 Å². The van der Waals surface area contributed by atoms with E-state index in [2.05, 4.69) is 0 Å². The maximum absolute atomic E-state index is 8.59. The number of phosphoric acid groups is 1. The average Bonchev–Trinajstić information content (AvgIpc) is 1.12. The third kappa shape index (κ3) is 1670. The summed E-state index contributed by atoms with van der Waals surface area (Å²) in [5.41, 5.74) is 0. The van der Waals surface area contributed by atoms with Gasteiger partial charge in [-0.25, -0.2) is 0 Å². The first-order valence-corrected chi connectivity index (χ1v) is 4.94. The monoisotopic (exact) mass is 263 g/mol. The van der Waals surface area contributed by atoms with E-state index in [4.69, 9.17) is 35.2 Å².